The molecule has 1 heterocycles. The van der Waals surface area contributed by atoms with Gasteiger partial charge in [0, 0.05) is 0 Å². The highest BCUT2D eigenvalue weighted by Crippen LogP contribution is 2.34. The maximum atomic E-state index is 5.78. The topological polar surface area (TPSA) is 82.3 Å². The number of rotatable bonds is 4. The summed E-state index contributed by atoms with van der Waals surface area (Å²) in [4.78, 5) is 8.05. The maximum absolute atomic E-state index is 5.78. The molecule has 6 nitrogen and oxygen atoms in total. The molecule has 2 aromatic carbocycles. The van der Waals surface area contributed by atoms with Crippen molar-refractivity contribution in [2.45, 2.75) is 0 Å². The third kappa shape index (κ3) is 2.56. The lowest BCUT2D eigenvalue weighted by atomic mass is 10.1. The van der Waals surface area contributed by atoms with Crippen LogP contribution in [0.25, 0.3) is 10.8 Å². The molecular weight excluding hydrogens is 268 g/mol. The van der Waals surface area contributed by atoms with E-state index in [9.17, 15) is 0 Å². The Labute approximate surface area is 121 Å². The number of fused-ring (bicyclic) bond motifs is 1. The zero-order valence-electron chi connectivity index (χ0n) is 11.4. The summed E-state index contributed by atoms with van der Waals surface area (Å²) in [6, 6.07) is 13.8. The van der Waals surface area contributed by atoms with Crippen LogP contribution in [0, 0.1) is 0 Å². The van der Waals surface area contributed by atoms with Crippen molar-refractivity contribution < 1.29 is 9.47 Å². The number of nitrogens with one attached hydrogen (secondary N) is 1. The molecule has 0 unspecified atom stereocenters. The van der Waals surface area contributed by atoms with Gasteiger partial charge in [0.25, 0.3) is 5.88 Å². The molecule has 1 aromatic heterocycles. The Kier molecular flexibility index (Phi) is 3.53. The number of aromatic nitrogens is 2. The van der Waals surface area contributed by atoms with Crippen LogP contribution in [-0.4, -0.2) is 17.1 Å². The predicted molar refractivity (Wildman–Crippen MR) is 80.4 cm³/mol. The second-order valence-electron chi connectivity index (χ2n) is 4.32. The highest BCUT2D eigenvalue weighted by atomic mass is 16.5. The number of benzene rings is 2. The average molecular weight is 282 g/mol. The fraction of sp³-hybridized carbons (Fsp3) is 0.0667. The first-order chi connectivity index (χ1) is 10.3. The Morgan fingerprint density at radius 2 is 1.86 bits per heavy atom. The van der Waals surface area contributed by atoms with Gasteiger partial charge in [-0.15, -0.1) is 0 Å². The second kappa shape index (κ2) is 5.64. The van der Waals surface area contributed by atoms with Crippen LogP contribution in [0.1, 0.15) is 0 Å². The summed E-state index contributed by atoms with van der Waals surface area (Å²) in [5, 5.41) is 2.23. The van der Waals surface area contributed by atoms with Gasteiger partial charge in [0.15, 0.2) is 5.82 Å². The van der Waals surface area contributed by atoms with E-state index in [1.165, 1.54) is 13.4 Å². The van der Waals surface area contributed by atoms with E-state index in [1.807, 2.05) is 42.5 Å². The molecule has 0 saturated heterocycles. The molecule has 6 heteroatoms. The fourth-order valence-corrected chi connectivity index (χ4v) is 2.06. The highest BCUT2D eigenvalue weighted by Gasteiger charge is 2.13. The van der Waals surface area contributed by atoms with Crippen LogP contribution < -0.4 is 20.7 Å². The molecule has 3 N–H and O–H groups in total. The van der Waals surface area contributed by atoms with Crippen LogP contribution in [0.3, 0.4) is 0 Å². The van der Waals surface area contributed by atoms with E-state index in [2.05, 4.69) is 15.4 Å². The van der Waals surface area contributed by atoms with E-state index in [-0.39, 0.29) is 0 Å². The molecular formula is C15H14N4O2. The van der Waals surface area contributed by atoms with E-state index >= 15 is 0 Å². The number of nitrogen functional groups attached to an aromatic ring is 1. The lowest BCUT2D eigenvalue weighted by Gasteiger charge is -2.11. The van der Waals surface area contributed by atoms with Gasteiger partial charge in [0.2, 0.25) is 5.75 Å². The monoisotopic (exact) mass is 282 g/mol. The molecule has 106 valence electrons. The molecule has 0 aliphatic heterocycles. The van der Waals surface area contributed by atoms with Crippen molar-refractivity contribution in [3.05, 3.63) is 48.8 Å². The number of hydrogen-bond acceptors (Lipinski definition) is 6. The Morgan fingerprint density at radius 1 is 1.05 bits per heavy atom. The standard InChI is InChI=1S/C15H14N4O2/c1-20-13-14(19-16)17-9-18-15(13)21-12-7-6-10-4-2-3-5-11(10)8-12/h2-9H,16H2,1H3,(H,17,18,19). The van der Waals surface area contributed by atoms with E-state index in [1.54, 1.807) is 0 Å². The van der Waals surface area contributed by atoms with Gasteiger partial charge in [0.05, 0.1) is 7.11 Å². The third-order valence-corrected chi connectivity index (χ3v) is 3.05. The van der Waals surface area contributed by atoms with E-state index in [4.69, 9.17) is 15.3 Å². The molecule has 0 radical (unpaired) electrons. The normalized spacial score (nSPS) is 10.4. The highest BCUT2D eigenvalue weighted by molar-refractivity contribution is 5.83. The minimum atomic E-state index is 0.302. The summed E-state index contributed by atoms with van der Waals surface area (Å²) in [5.41, 5.74) is 2.45. The number of nitrogens with zero attached hydrogens (tertiary/aromatic N) is 2. The zero-order chi connectivity index (χ0) is 14.7. The summed E-state index contributed by atoms with van der Waals surface area (Å²) in [6.45, 7) is 0. The van der Waals surface area contributed by atoms with Crippen molar-refractivity contribution in [2.75, 3.05) is 12.5 Å². The van der Waals surface area contributed by atoms with Crippen molar-refractivity contribution in [1.29, 1.82) is 0 Å². The van der Waals surface area contributed by atoms with Crippen LogP contribution in [0.2, 0.25) is 0 Å². The molecule has 3 aromatic rings. The maximum Gasteiger partial charge on any atom is 0.268 e. The number of hydrogen-bond donors (Lipinski definition) is 2. The Balaban J connectivity index is 1.98. The van der Waals surface area contributed by atoms with Gasteiger partial charge >= 0.3 is 0 Å². The number of nitrogens with two attached hydrogens (primary N) is 1. The van der Waals surface area contributed by atoms with E-state index in [0.29, 0.717) is 23.2 Å². The Morgan fingerprint density at radius 3 is 2.62 bits per heavy atom. The van der Waals surface area contributed by atoms with Crippen molar-refractivity contribution in [2.24, 2.45) is 5.84 Å². The molecule has 0 atom stereocenters. The van der Waals surface area contributed by atoms with Gasteiger partial charge in [-0.2, -0.15) is 4.98 Å². The van der Waals surface area contributed by atoms with Gasteiger partial charge in [-0.25, -0.2) is 10.8 Å². The summed E-state index contributed by atoms with van der Waals surface area (Å²) in [5.74, 6) is 7.07. The van der Waals surface area contributed by atoms with Crippen LogP contribution in [0.5, 0.6) is 17.4 Å². The van der Waals surface area contributed by atoms with Gasteiger partial charge in [-0.1, -0.05) is 30.3 Å². The molecule has 21 heavy (non-hydrogen) atoms. The summed E-state index contributed by atoms with van der Waals surface area (Å²) < 4.78 is 11.0. The summed E-state index contributed by atoms with van der Waals surface area (Å²) >= 11 is 0. The average Bonchev–Trinajstić information content (AvgIpc) is 2.54. The SMILES string of the molecule is COc1c(NN)ncnc1Oc1ccc2ccccc2c1. The Bertz CT molecular complexity index is 776. The Hall–Kier alpha value is -2.86. The van der Waals surface area contributed by atoms with Gasteiger partial charge < -0.3 is 14.9 Å². The van der Waals surface area contributed by atoms with Crippen LogP contribution in [0.15, 0.2) is 48.8 Å². The smallest absolute Gasteiger partial charge is 0.268 e. The molecule has 0 aliphatic carbocycles. The summed E-state index contributed by atoms with van der Waals surface area (Å²) in [7, 11) is 1.51. The van der Waals surface area contributed by atoms with Crippen molar-refractivity contribution in [1.82, 2.24) is 9.97 Å². The number of hydrazine groups is 1. The number of ether oxygens (including phenoxy) is 2. The fourth-order valence-electron chi connectivity index (χ4n) is 2.06. The molecule has 0 spiro atoms. The lowest BCUT2D eigenvalue weighted by Crippen LogP contribution is -2.10. The van der Waals surface area contributed by atoms with Crippen LogP contribution in [0.4, 0.5) is 5.82 Å². The van der Waals surface area contributed by atoms with Gasteiger partial charge in [-0.3, -0.25) is 0 Å². The lowest BCUT2D eigenvalue weighted by molar-refractivity contribution is 0.369. The van der Waals surface area contributed by atoms with Crippen molar-refractivity contribution >= 4 is 16.6 Å². The van der Waals surface area contributed by atoms with Crippen LogP contribution >= 0.6 is 0 Å². The zero-order valence-corrected chi connectivity index (χ0v) is 11.4. The first-order valence-corrected chi connectivity index (χ1v) is 6.34. The van der Waals surface area contributed by atoms with Crippen molar-refractivity contribution in [3.63, 3.8) is 0 Å². The molecule has 0 saturated carbocycles. The summed E-state index contributed by atoms with van der Waals surface area (Å²) in [6.07, 6.45) is 1.36. The second-order valence-corrected chi connectivity index (χ2v) is 4.32. The molecule has 0 bridgehead atoms. The molecule has 0 amide bonds. The first-order valence-electron chi connectivity index (χ1n) is 6.34. The quantitative estimate of drug-likeness (QED) is 0.565. The largest absolute Gasteiger partial charge is 0.489 e. The molecule has 0 fully saturated rings. The van der Waals surface area contributed by atoms with E-state index in [0.717, 1.165) is 10.8 Å². The molecule has 3 rings (SSSR count). The number of methoxy groups -OCH3 is 1. The minimum absolute atomic E-state index is 0.302. The van der Waals surface area contributed by atoms with E-state index < -0.39 is 0 Å². The minimum Gasteiger partial charge on any atom is -0.489 e. The number of anilines is 1. The predicted octanol–water partition coefficient (Wildman–Crippen LogP) is 2.72. The van der Waals surface area contributed by atoms with Gasteiger partial charge in [-0.05, 0) is 22.9 Å². The first kappa shape index (κ1) is 13.1. The van der Waals surface area contributed by atoms with Crippen molar-refractivity contribution in [3.8, 4) is 17.4 Å². The van der Waals surface area contributed by atoms with Gasteiger partial charge in [0.1, 0.15) is 12.1 Å². The van der Waals surface area contributed by atoms with Crippen LogP contribution in [-0.2, 0) is 0 Å². The molecule has 0 aliphatic rings. The third-order valence-electron chi connectivity index (χ3n) is 3.05.